The number of benzene rings is 1. The molecule has 0 aliphatic carbocycles. The largest absolute Gasteiger partial charge is 0.327 e. The van der Waals surface area contributed by atoms with E-state index in [2.05, 4.69) is 10.3 Å². The smallest absolute Gasteiger partial charge is 0.321 e. The molecule has 0 spiro atoms. The molecule has 2 rings (SSSR count). The fourth-order valence-corrected chi connectivity index (χ4v) is 2.11. The summed E-state index contributed by atoms with van der Waals surface area (Å²) in [6.45, 7) is 0.591. The number of carbonyl (C=O) groups excluding carboxylic acids is 1. The Kier molecular flexibility index (Phi) is 5.42. The summed E-state index contributed by atoms with van der Waals surface area (Å²) in [5.74, 6) is 0. The van der Waals surface area contributed by atoms with Gasteiger partial charge >= 0.3 is 6.03 Å². The Labute approximate surface area is 133 Å². The van der Waals surface area contributed by atoms with Gasteiger partial charge in [0.05, 0.1) is 15.7 Å². The van der Waals surface area contributed by atoms with Crippen molar-refractivity contribution in [3.63, 3.8) is 0 Å². The summed E-state index contributed by atoms with van der Waals surface area (Å²) in [6, 6.07) is 8.75. The summed E-state index contributed by atoms with van der Waals surface area (Å²) < 4.78 is 0. The number of likely N-dealkylation sites (N-methyl/N-ethyl adjacent to an activating group) is 1. The van der Waals surface area contributed by atoms with Gasteiger partial charge in [0.1, 0.15) is 0 Å². The van der Waals surface area contributed by atoms with Gasteiger partial charge in [0.2, 0.25) is 0 Å². The lowest BCUT2D eigenvalue weighted by molar-refractivity contribution is 0.223. The Morgan fingerprint density at radius 1 is 1.24 bits per heavy atom. The highest BCUT2D eigenvalue weighted by Gasteiger charge is 2.12. The third-order valence-corrected chi connectivity index (χ3v) is 3.84. The predicted octanol–water partition coefficient (Wildman–Crippen LogP) is 4.09. The van der Waals surface area contributed by atoms with Crippen molar-refractivity contribution in [3.05, 3.63) is 58.3 Å². The second-order valence-corrected chi connectivity index (χ2v) is 5.34. The van der Waals surface area contributed by atoms with Crippen molar-refractivity contribution in [1.82, 2.24) is 9.88 Å². The van der Waals surface area contributed by atoms with Gasteiger partial charge in [-0.2, -0.15) is 0 Å². The van der Waals surface area contributed by atoms with Crippen LogP contribution in [0.2, 0.25) is 10.0 Å². The van der Waals surface area contributed by atoms with Crippen LogP contribution in [0.1, 0.15) is 5.56 Å². The van der Waals surface area contributed by atoms with E-state index < -0.39 is 0 Å². The quantitative estimate of drug-likeness (QED) is 0.920. The van der Waals surface area contributed by atoms with Crippen molar-refractivity contribution < 1.29 is 4.79 Å². The molecule has 2 amide bonds. The number of nitrogens with zero attached hydrogens (tertiary/aromatic N) is 2. The molecule has 1 heterocycles. The Balaban J connectivity index is 1.92. The number of hydrogen-bond acceptors (Lipinski definition) is 2. The van der Waals surface area contributed by atoms with Crippen LogP contribution in [0.5, 0.6) is 0 Å². The second kappa shape index (κ2) is 7.29. The third kappa shape index (κ3) is 4.34. The number of rotatable bonds is 4. The van der Waals surface area contributed by atoms with E-state index >= 15 is 0 Å². The number of carbonyl (C=O) groups is 1. The zero-order valence-corrected chi connectivity index (χ0v) is 13.0. The number of nitrogens with one attached hydrogen (secondary N) is 1. The van der Waals surface area contributed by atoms with Gasteiger partial charge in [-0.3, -0.25) is 4.98 Å². The number of pyridine rings is 1. The fraction of sp³-hybridized carbons (Fsp3) is 0.200. The minimum Gasteiger partial charge on any atom is -0.327 e. The molecule has 0 saturated heterocycles. The molecule has 0 saturated carbocycles. The van der Waals surface area contributed by atoms with Gasteiger partial charge in [0, 0.05) is 26.0 Å². The summed E-state index contributed by atoms with van der Waals surface area (Å²) in [5, 5.41) is 3.50. The minimum absolute atomic E-state index is 0.228. The molecule has 0 aliphatic rings. The molecular formula is C15H15Cl2N3O. The van der Waals surface area contributed by atoms with Crippen molar-refractivity contribution in [3.8, 4) is 0 Å². The number of halogens is 2. The van der Waals surface area contributed by atoms with Crippen LogP contribution >= 0.6 is 23.2 Å². The molecule has 0 radical (unpaired) electrons. The third-order valence-electron chi connectivity index (χ3n) is 3.03. The molecule has 2 aromatic rings. The van der Waals surface area contributed by atoms with Crippen LogP contribution in [0.3, 0.4) is 0 Å². The number of amides is 2. The number of hydrogen-bond donors (Lipinski definition) is 1. The van der Waals surface area contributed by atoms with Gasteiger partial charge < -0.3 is 10.2 Å². The van der Waals surface area contributed by atoms with E-state index in [0.717, 1.165) is 12.0 Å². The standard InChI is InChI=1S/C15H15Cl2N3O/c1-20(10-7-11-5-8-18-9-6-11)15(21)19-13-4-2-3-12(16)14(13)17/h2-6,8-9H,7,10H2,1H3,(H,19,21). The van der Waals surface area contributed by atoms with Crippen LogP contribution in [0.25, 0.3) is 0 Å². The Morgan fingerprint density at radius 2 is 1.95 bits per heavy atom. The highest BCUT2D eigenvalue weighted by atomic mass is 35.5. The molecular weight excluding hydrogens is 309 g/mol. The summed E-state index contributed by atoms with van der Waals surface area (Å²) in [5.41, 5.74) is 1.63. The van der Waals surface area contributed by atoms with Crippen molar-refractivity contribution in [1.29, 1.82) is 0 Å². The van der Waals surface area contributed by atoms with Crippen molar-refractivity contribution in [2.24, 2.45) is 0 Å². The van der Waals surface area contributed by atoms with E-state index in [-0.39, 0.29) is 6.03 Å². The number of anilines is 1. The molecule has 1 N–H and O–H groups in total. The van der Waals surface area contributed by atoms with Crippen LogP contribution in [-0.4, -0.2) is 29.5 Å². The highest BCUT2D eigenvalue weighted by Crippen LogP contribution is 2.29. The van der Waals surface area contributed by atoms with Crippen LogP contribution in [0.15, 0.2) is 42.7 Å². The van der Waals surface area contributed by atoms with Crippen LogP contribution in [-0.2, 0) is 6.42 Å². The Hall–Kier alpha value is -1.78. The zero-order chi connectivity index (χ0) is 15.2. The molecule has 6 heteroatoms. The van der Waals surface area contributed by atoms with Gasteiger partial charge in [-0.15, -0.1) is 0 Å². The molecule has 0 aliphatic heterocycles. The van der Waals surface area contributed by atoms with Gasteiger partial charge in [0.25, 0.3) is 0 Å². The zero-order valence-electron chi connectivity index (χ0n) is 11.5. The summed E-state index contributed by atoms with van der Waals surface area (Å²) in [4.78, 5) is 17.7. The Morgan fingerprint density at radius 3 is 2.67 bits per heavy atom. The van der Waals surface area contributed by atoms with E-state index in [1.54, 1.807) is 42.5 Å². The first-order valence-corrected chi connectivity index (χ1v) is 7.18. The molecule has 110 valence electrons. The average molecular weight is 324 g/mol. The summed E-state index contributed by atoms with van der Waals surface area (Å²) in [6.07, 6.45) is 4.23. The summed E-state index contributed by atoms with van der Waals surface area (Å²) in [7, 11) is 1.73. The Bertz CT molecular complexity index is 620. The maximum atomic E-state index is 12.1. The monoisotopic (exact) mass is 323 g/mol. The van der Waals surface area contributed by atoms with E-state index in [4.69, 9.17) is 23.2 Å². The van der Waals surface area contributed by atoms with E-state index in [0.29, 0.717) is 22.3 Å². The summed E-state index contributed by atoms with van der Waals surface area (Å²) >= 11 is 12.0. The minimum atomic E-state index is -0.228. The first kappa shape index (κ1) is 15.6. The second-order valence-electron chi connectivity index (χ2n) is 4.56. The highest BCUT2D eigenvalue weighted by molar-refractivity contribution is 6.43. The molecule has 1 aromatic carbocycles. The fourth-order valence-electron chi connectivity index (χ4n) is 1.76. The molecule has 4 nitrogen and oxygen atoms in total. The molecule has 21 heavy (non-hydrogen) atoms. The SMILES string of the molecule is CN(CCc1ccncc1)C(=O)Nc1cccc(Cl)c1Cl. The van der Waals surface area contributed by atoms with Gasteiger partial charge in [0.15, 0.2) is 0 Å². The van der Waals surface area contributed by atoms with E-state index in [9.17, 15) is 4.79 Å². The van der Waals surface area contributed by atoms with Crippen molar-refractivity contribution in [2.75, 3.05) is 18.9 Å². The number of aromatic nitrogens is 1. The number of urea groups is 1. The van der Waals surface area contributed by atoms with Crippen LogP contribution in [0, 0.1) is 0 Å². The van der Waals surface area contributed by atoms with Crippen molar-refractivity contribution in [2.45, 2.75) is 6.42 Å². The molecule has 0 unspecified atom stereocenters. The van der Waals surface area contributed by atoms with E-state index in [1.165, 1.54) is 0 Å². The first-order valence-electron chi connectivity index (χ1n) is 6.43. The van der Waals surface area contributed by atoms with Gasteiger partial charge in [-0.25, -0.2) is 4.79 Å². The van der Waals surface area contributed by atoms with Crippen LogP contribution in [0.4, 0.5) is 10.5 Å². The maximum Gasteiger partial charge on any atom is 0.321 e. The van der Waals surface area contributed by atoms with E-state index in [1.807, 2.05) is 12.1 Å². The van der Waals surface area contributed by atoms with Crippen LogP contribution < -0.4 is 5.32 Å². The average Bonchev–Trinajstić information content (AvgIpc) is 2.50. The molecule has 0 bridgehead atoms. The molecule has 1 aromatic heterocycles. The first-order chi connectivity index (χ1) is 10.1. The van der Waals surface area contributed by atoms with Crippen molar-refractivity contribution >= 4 is 34.9 Å². The lowest BCUT2D eigenvalue weighted by Crippen LogP contribution is -2.33. The predicted molar refractivity (Wildman–Crippen MR) is 86.1 cm³/mol. The topological polar surface area (TPSA) is 45.2 Å². The lowest BCUT2D eigenvalue weighted by Gasteiger charge is -2.18. The lowest BCUT2D eigenvalue weighted by atomic mass is 10.2. The van der Waals surface area contributed by atoms with Gasteiger partial charge in [-0.1, -0.05) is 29.3 Å². The maximum absolute atomic E-state index is 12.1. The van der Waals surface area contributed by atoms with Gasteiger partial charge in [-0.05, 0) is 36.2 Å². The molecule has 0 atom stereocenters. The normalized spacial score (nSPS) is 10.2. The molecule has 0 fully saturated rings.